The van der Waals surface area contributed by atoms with E-state index in [1.54, 1.807) is 12.3 Å². The minimum absolute atomic E-state index is 0.270. The molecule has 0 radical (unpaired) electrons. The van der Waals surface area contributed by atoms with Crippen molar-refractivity contribution >= 4 is 11.7 Å². The SMILES string of the molecule is C=CCNC(=O)c1cnc(NCc2ccccn2)cn1. The molecular formula is C14H15N5O. The lowest BCUT2D eigenvalue weighted by Gasteiger charge is -2.05. The van der Waals surface area contributed by atoms with Crippen LogP contribution in [0.4, 0.5) is 5.82 Å². The summed E-state index contributed by atoms with van der Waals surface area (Å²) in [5.74, 6) is 0.324. The third kappa shape index (κ3) is 3.88. The standard InChI is InChI=1S/C14H15N5O/c1-2-6-16-14(20)12-9-19-13(10-17-12)18-8-11-5-3-4-7-15-11/h2-5,7,9-10H,1,6,8H2,(H,16,20)(H,18,19). The van der Waals surface area contributed by atoms with Crippen LogP contribution in [0.2, 0.25) is 0 Å². The summed E-state index contributed by atoms with van der Waals surface area (Å²) in [5, 5.41) is 5.72. The van der Waals surface area contributed by atoms with E-state index in [4.69, 9.17) is 0 Å². The summed E-state index contributed by atoms with van der Waals surface area (Å²) in [4.78, 5) is 24.0. The summed E-state index contributed by atoms with van der Waals surface area (Å²) in [5.41, 5.74) is 1.18. The van der Waals surface area contributed by atoms with Gasteiger partial charge < -0.3 is 10.6 Å². The van der Waals surface area contributed by atoms with Gasteiger partial charge in [0.1, 0.15) is 11.5 Å². The van der Waals surface area contributed by atoms with Gasteiger partial charge in [0.2, 0.25) is 0 Å². The number of aromatic nitrogens is 3. The third-order valence-electron chi connectivity index (χ3n) is 2.47. The van der Waals surface area contributed by atoms with Crippen LogP contribution in [0.1, 0.15) is 16.2 Å². The third-order valence-corrected chi connectivity index (χ3v) is 2.47. The van der Waals surface area contributed by atoms with Gasteiger partial charge in [-0.25, -0.2) is 9.97 Å². The Balaban J connectivity index is 1.91. The maximum Gasteiger partial charge on any atom is 0.271 e. The maximum absolute atomic E-state index is 11.6. The van der Waals surface area contributed by atoms with E-state index in [0.717, 1.165) is 5.69 Å². The van der Waals surface area contributed by atoms with Crippen LogP contribution < -0.4 is 10.6 Å². The average Bonchev–Trinajstić information content (AvgIpc) is 2.52. The van der Waals surface area contributed by atoms with Gasteiger partial charge >= 0.3 is 0 Å². The van der Waals surface area contributed by atoms with Gasteiger partial charge in [-0.3, -0.25) is 9.78 Å². The fourth-order valence-electron chi connectivity index (χ4n) is 1.48. The Morgan fingerprint density at radius 3 is 2.80 bits per heavy atom. The highest BCUT2D eigenvalue weighted by molar-refractivity contribution is 5.92. The number of pyridine rings is 1. The molecular weight excluding hydrogens is 254 g/mol. The number of anilines is 1. The van der Waals surface area contributed by atoms with Crippen molar-refractivity contribution in [2.24, 2.45) is 0 Å². The molecule has 6 nitrogen and oxygen atoms in total. The predicted octanol–water partition coefficient (Wildman–Crippen LogP) is 1.40. The molecule has 0 fully saturated rings. The summed E-state index contributed by atoms with van der Waals surface area (Å²) >= 11 is 0. The van der Waals surface area contributed by atoms with Crippen molar-refractivity contribution < 1.29 is 4.79 Å². The number of hydrogen-bond acceptors (Lipinski definition) is 5. The largest absolute Gasteiger partial charge is 0.363 e. The van der Waals surface area contributed by atoms with Crippen LogP contribution in [0.25, 0.3) is 0 Å². The minimum atomic E-state index is -0.270. The average molecular weight is 269 g/mol. The number of nitrogens with one attached hydrogen (secondary N) is 2. The molecule has 0 aromatic carbocycles. The van der Waals surface area contributed by atoms with Gasteiger partial charge in [0, 0.05) is 12.7 Å². The Labute approximate surface area is 117 Å². The highest BCUT2D eigenvalue weighted by Crippen LogP contribution is 2.03. The molecule has 0 bridgehead atoms. The van der Waals surface area contributed by atoms with Crippen molar-refractivity contribution in [2.75, 3.05) is 11.9 Å². The van der Waals surface area contributed by atoms with Gasteiger partial charge in [-0.2, -0.15) is 0 Å². The van der Waals surface area contributed by atoms with E-state index < -0.39 is 0 Å². The zero-order valence-corrected chi connectivity index (χ0v) is 10.9. The van der Waals surface area contributed by atoms with Crippen LogP contribution in [0.15, 0.2) is 49.4 Å². The molecule has 6 heteroatoms. The van der Waals surface area contributed by atoms with Crippen molar-refractivity contribution in [3.05, 3.63) is 60.8 Å². The lowest BCUT2D eigenvalue weighted by molar-refractivity contribution is 0.0952. The molecule has 0 atom stereocenters. The Morgan fingerprint density at radius 2 is 2.15 bits per heavy atom. The van der Waals surface area contributed by atoms with E-state index in [-0.39, 0.29) is 11.6 Å². The van der Waals surface area contributed by atoms with Crippen LogP contribution in [0.3, 0.4) is 0 Å². The zero-order valence-electron chi connectivity index (χ0n) is 10.9. The van der Waals surface area contributed by atoms with Gasteiger partial charge in [-0.15, -0.1) is 6.58 Å². The zero-order chi connectivity index (χ0) is 14.2. The van der Waals surface area contributed by atoms with Crippen molar-refractivity contribution in [1.82, 2.24) is 20.3 Å². The Bertz CT molecular complexity index is 568. The summed E-state index contributed by atoms with van der Waals surface area (Å²) < 4.78 is 0. The fourth-order valence-corrected chi connectivity index (χ4v) is 1.48. The van der Waals surface area contributed by atoms with Gasteiger partial charge in [0.15, 0.2) is 0 Å². The second-order valence-electron chi connectivity index (χ2n) is 3.96. The molecule has 2 rings (SSSR count). The normalized spacial score (nSPS) is 9.80. The molecule has 20 heavy (non-hydrogen) atoms. The quantitative estimate of drug-likeness (QED) is 0.775. The van der Waals surface area contributed by atoms with E-state index in [0.29, 0.717) is 18.9 Å². The van der Waals surface area contributed by atoms with Crippen molar-refractivity contribution in [2.45, 2.75) is 6.54 Å². The molecule has 2 heterocycles. The van der Waals surface area contributed by atoms with Gasteiger partial charge in [-0.05, 0) is 12.1 Å². The monoisotopic (exact) mass is 269 g/mol. The number of rotatable bonds is 6. The first-order chi connectivity index (χ1) is 9.79. The molecule has 0 aliphatic carbocycles. The fraction of sp³-hybridized carbons (Fsp3) is 0.143. The summed E-state index contributed by atoms with van der Waals surface area (Å²) in [6.07, 6.45) is 6.29. The van der Waals surface area contributed by atoms with Crippen molar-refractivity contribution in [3.63, 3.8) is 0 Å². The second kappa shape index (κ2) is 6.98. The van der Waals surface area contributed by atoms with E-state index >= 15 is 0 Å². The first-order valence-electron chi connectivity index (χ1n) is 6.14. The smallest absolute Gasteiger partial charge is 0.271 e. The molecule has 0 spiro atoms. The maximum atomic E-state index is 11.6. The van der Waals surface area contributed by atoms with Crippen molar-refractivity contribution in [1.29, 1.82) is 0 Å². The van der Waals surface area contributed by atoms with Crippen LogP contribution in [-0.4, -0.2) is 27.4 Å². The topological polar surface area (TPSA) is 79.8 Å². The highest BCUT2D eigenvalue weighted by Gasteiger charge is 2.06. The molecule has 2 N–H and O–H groups in total. The van der Waals surface area contributed by atoms with E-state index in [1.165, 1.54) is 12.4 Å². The first kappa shape index (κ1) is 13.7. The number of carbonyl (C=O) groups is 1. The molecule has 0 aliphatic rings. The van der Waals surface area contributed by atoms with E-state index in [1.807, 2.05) is 18.2 Å². The Hall–Kier alpha value is -2.76. The lowest BCUT2D eigenvalue weighted by atomic mass is 10.3. The van der Waals surface area contributed by atoms with Crippen molar-refractivity contribution in [3.8, 4) is 0 Å². The summed E-state index contributed by atoms with van der Waals surface area (Å²) in [6.45, 7) is 4.48. The molecule has 102 valence electrons. The van der Waals surface area contributed by atoms with E-state index in [2.05, 4.69) is 32.2 Å². The molecule has 0 aliphatic heterocycles. The molecule has 2 aromatic heterocycles. The Kier molecular flexibility index (Phi) is 4.77. The molecule has 0 saturated heterocycles. The van der Waals surface area contributed by atoms with Crippen LogP contribution in [0.5, 0.6) is 0 Å². The van der Waals surface area contributed by atoms with Gasteiger partial charge in [-0.1, -0.05) is 12.1 Å². The first-order valence-corrected chi connectivity index (χ1v) is 6.14. The van der Waals surface area contributed by atoms with Crippen LogP contribution in [0, 0.1) is 0 Å². The number of hydrogen-bond donors (Lipinski definition) is 2. The molecule has 0 saturated carbocycles. The number of amides is 1. The number of nitrogens with zero attached hydrogens (tertiary/aromatic N) is 3. The van der Waals surface area contributed by atoms with Crippen LogP contribution >= 0.6 is 0 Å². The second-order valence-corrected chi connectivity index (χ2v) is 3.96. The van der Waals surface area contributed by atoms with Gasteiger partial charge in [0.05, 0.1) is 24.6 Å². The lowest BCUT2D eigenvalue weighted by Crippen LogP contribution is -2.24. The minimum Gasteiger partial charge on any atom is -0.363 e. The molecule has 2 aromatic rings. The Morgan fingerprint density at radius 1 is 1.25 bits per heavy atom. The highest BCUT2D eigenvalue weighted by atomic mass is 16.1. The molecule has 1 amide bonds. The predicted molar refractivity (Wildman–Crippen MR) is 76.1 cm³/mol. The molecule has 0 unspecified atom stereocenters. The van der Waals surface area contributed by atoms with E-state index in [9.17, 15) is 4.79 Å². The van der Waals surface area contributed by atoms with Gasteiger partial charge in [0.25, 0.3) is 5.91 Å². The van der Waals surface area contributed by atoms with Crippen LogP contribution in [-0.2, 0) is 6.54 Å². The summed E-state index contributed by atoms with van der Waals surface area (Å²) in [7, 11) is 0. The summed E-state index contributed by atoms with van der Waals surface area (Å²) in [6, 6.07) is 5.69. The number of carbonyl (C=O) groups excluding carboxylic acids is 1.